The lowest BCUT2D eigenvalue weighted by Crippen LogP contribution is -2.44. The Balaban J connectivity index is 1.60. The number of hydrogen-bond donors (Lipinski definition) is 2. The molecule has 7 heteroatoms. The molecule has 0 unspecified atom stereocenters. The Morgan fingerprint density at radius 2 is 1.79 bits per heavy atom. The van der Waals surface area contributed by atoms with Crippen LogP contribution in [0.5, 0.6) is 0 Å². The van der Waals surface area contributed by atoms with Gasteiger partial charge in [0.1, 0.15) is 0 Å². The summed E-state index contributed by atoms with van der Waals surface area (Å²) in [6.45, 7) is 6.62. The molecule has 0 spiro atoms. The first kappa shape index (κ1) is 21.5. The lowest BCUT2D eigenvalue weighted by molar-refractivity contribution is 0.0908. The molecule has 3 rings (SSSR count). The van der Waals surface area contributed by atoms with Crippen LogP contribution >= 0.6 is 0 Å². The number of rotatable bonds is 7. The predicted octanol–water partition coefficient (Wildman–Crippen LogP) is 2.69. The number of amides is 1. The Kier molecular flexibility index (Phi) is 7.05. The molecule has 1 heterocycles. The van der Waals surface area contributed by atoms with Crippen LogP contribution in [0.4, 0.5) is 0 Å². The number of carbonyl (C=O) groups is 1. The maximum absolute atomic E-state index is 12.8. The number of likely N-dealkylation sites (tertiary alicyclic amines) is 1. The molecular formula is C22H29N3O3S. The summed E-state index contributed by atoms with van der Waals surface area (Å²) < 4.78 is 27.0. The number of sulfonamides is 1. The third kappa shape index (κ3) is 5.65. The van der Waals surface area contributed by atoms with E-state index in [1.807, 2.05) is 13.0 Å². The minimum atomic E-state index is -3.59. The number of nitrogens with zero attached hydrogens (tertiary/aromatic N) is 1. The average Bonchev–Trinajstić information content (AvgIpc) is 2.70. The zero-order chi connectivity index (χ0) is 20.9. The minimum absolute atomic E-state index is 0.1000. The molecule has 0 aliphatic carbocycles. The lowest BCUT2D eigenvalue weighted by Gasteiger charge is -2.32. The summed E-state index contributed by atoms with van der Waals surface area (Å²) in [4.78, 5) is 15.3. The van der Waals surface area contributed by atoms with Crippen LogP contribution in [0.25, 0.3) is 0 Å². The summed E-state index contributed by atoms with van der Waals surface area (Å²) in [5, 5.41) is 3.09. The average molecular weight is 416 g/mol. The van der Waals surface area contributed by atoms with Crippen LogP contribution < -0.4 is 10.0 Å². The second kappa shape index (κ2) is 9.52. The number of piperidine rings is 1. The van der Waals surface area contributed by atoms with Gasteiger partial charge in [0.15, 0.2) is 0 Å². The van der Waals surface area contributed by atoms with E-state index in [9.17, 15) is 13.2 Å². The molecule has 0 aromatic heterocycles. The minimum Gasteiger partial charge on any atom is -0.349 e. The normalized spacial score (nSPS) is 15.9. The van der Waals surface area contributed by atoms with E-state index in [1.54, 1.807) is 13.0 Å². The molecule has 0 atom stereocenters. The topological polar surface area (TPSA) is 78.5 Å². The smallest absolute Gasteiger partial charge is 0.251 e. The summed E-state index contributed by atoms with van der Waals surface area (Å²) in [5.74, 6) is -0.211. The van der Waals surface area contributed by atoms with E-state index in [1.165, 1.54) is 17.7 Å². The zero-order valence-electron chi connectivity index (χ0n) is 17.0. The van der Waals surface area contributed by atoms with Gasteiger partial charge in [0.05, 0.1) is 4.90 Å². The molecule has 29 heavy (non-hydrogen) atoms. The summed E-state index contributed by atoms with van der Waals surface area (Å²) >= 11 is 0. The van der Waals surface area contributed by atoms with E-state index >= 15 is 0 Å². The number of nitrogens with one attached hydrogen (secondary N) is 2. The Labute approximate surface area is 173 Å². The highest BCUT2D eigenvalue weighted by Gasteiger charge is 2.23. The number of hydrogen-bond acceptors (Lipinski definition) is 4. The van der Waals surface area contributed by atoms with Crippen LogP contribution in [-0.2, 0) is 16.6 Å². The molecule has 2 aromatic carbocycles. The molecule has 1 fully saturated rings. The van der Waals surface area contributed by atoms with Crippen molar-refractivity contribution in [3.05, 3.63) is 65.2 Å². The standard InChI is InChI=1S/C22H29N3O3S/c1-3-23-29(27,28)20-10-9-17(2)21(15-20)22(26)24-19-11-13-25(14-12-19)16-18-7-5-4-6-8-18/h4-10,15,19,23H,3,11-14,16H2,1-2H3,(H,24,26). The molecule has 0 bridgehead atoms. The maximum atomic E-state index is 12.8. The third-order valence-corrected chi connectivity index (χ3v) is 6.81. The fraction of sp³-hybridized carbons (Fsp3) is 0.409. The van der Waals surface area contributed by atoms with Crippen LogP contribution in [0.1, 0.15) is 41.3 Å². The van der Waals surface area contributed by atoms with Gasteiger partial charge in [-0.05, 0) is 43.0 Å². The van der Waals surface area contributed by atoms with Gasteiger partial charge in [-0.15, -0.1) is 0 Å². The molecule has 1 saturated heterocycles. The van der Waals surface area contributed by atoms with Crippen LogP contribution in [0.3, 0.4) is 0 Å². The highest BCUT2D eigenvalue weighted by molar-refractivity contribution is 7.89. The van der Waals surface area contributed by atoms with Crippen LogP contribution in [0.2, 0.25) is 0 Å². The molecular weight excluding hydrogens is 386 g/mol. The fourth-order valence-electron chi connectivity index (χ4n) is 3.63. The first-order valence-corrected chi connectivity index (χ1v) is 11.5. The first-order chi connectivity index (χ1) is 13.9. The van der Waals surface area contributed by atoms with Crippen LogP contribution in [0, 0.1) is 6.92 Å². The van der Waals surface area contributed by atoms with Gasteiger partial charge in [0.2, 0.25) is 10.0 Å². The lowest BCUT2D eigenvalue weighted by atomic mass is 10.0. The van der Waals surface area contributed by atoms with Crippen molar-refractivity contribution in [1.29, 1.82) is 0 Å². The van der Waals surface area contributed by atoms with Crippen molar-refractivity contribution in [2.45, 2.75) is 44.2 Å². The van der Waals surface area contributed by atoms with E-state index in [0.717, 1.165) is 38.0 Å². The van der Waals surface area contributed by atoms with Crippen molar-refractivity contribution in [2.75, 3.05) is 19.6 Å². The number of aryl methyl sites for hydroxylation is 1. The number of benzene rings is 2. The second-order valence-corrected chi connectivity index (χ2v) is 9.25. The number of carbonyl (C=O) groups excluding carboxylic acids is 1. The van der Waals surface area contributed by atoms with Crippen molar-refractivity contribution >= 4 is 15.9 Å². The van der Waals surface area contributed by atoms with Crippen molar-refractivity contribution in [2.24, 2.45) is 0 Å². The molecule has 156 valence electrons. The third-order valence-electron chi connectivity index (χ3n) is 5.27. The summed E-state index contributed by atoms with van der Waals surface area (Å²) in [6.07, 6.45) is 1.76. The zero-order valence-corrected chi connectivity index (χ0v) is 17.8. The molecule has 0 saturated carbocycles. The molecule has 1 aliphatic heterocycles. The quantitative estimate of drug-likeness (QED) is 0.729. The van der Waals surface area contributed by atoms with E-state index in [0.29, 0.717) is 12.1 Å². The van der Waals surface area contributed by atoms with Crippen LogP contribution in [0.15, 0.2) is 53.4 Å². The van der Waals surface area contributed by atoms with Gasteiger partial charge in [-0.3, -0.25) is 9.69 Å². The van der Waals surface area contributed by atoms with E-state index < -0.39 is 10.0 Å². The van der Waals surface area contributed by atoms with Gasteiger partial charge in [-0.2, -0.15) is 0 Å². The van der Waals surface area contributed by atoms with Gasteiger partial charge >= 0.3 is 0 Å². The molecule has 2 aromatic rings. The summed E-state index contributed by atoms with van der Waals surface area (Å²) in [6, 6.07) is 15.2. The molecule has 1 amide bonds. The SMILES string of the molecule is CCNS(=O)(=O)c1ccc(C)c(C(=O)NC2CCN(Cc3ccccc3)CC2)c1. The Morgan fingerprint density at radius 1 is 1.10 bits per heavy atom. The van der Waals surface area contributed by atoms with E-state index in [2.05, 4.69) is 39.2 Å². The van der Waals surface area contributed by atoms with Gasteiger partial charge in [0, 0.05) is 37.8 Å². The van der Waals surface area contributed by atoms with Crippen molar-refractivity contribution in [3.8, 4) is 0 Å². The molecule has 2 N–H and O–H groups in total. The van der Waals surface area contributed by atoms with Crippen molar-refractivity contribution in [3.63, 3.8) is 0 Å². The Bertz CT molecular complexity index is 937. The highest BCUT2D eigenvalue weighted by atomic mass is 32.2. The Morgan fingerprint density at radius 3 is 2.45 bits per heavy atom. The van der Waals surface area contributed by atoms with Gasteiger partial charge in [-0.1, -0.05) is 43.3 Å². The largest absolute Gasteiger partial charge is 0.349 e. The molecule has 6 nitrogen and oxygen atoms in total. The van der Waals surface area contributed by atoms with Crippen molar-refractivity contribution < 1.29 is 13.2 Å². The van der Waals surface area contributed by atoms with Crippen molar-refractivity contribution in [1.82, 2.24) is 14.9 Å². The molecule has 0 radical (unpaired) electrons. The van der Waals surface area contributed by atoms with Gasteiger partial charge in [0.25, 0.3) is 5.91 Å². The first-order valence-electron chi connectivity index (χ1n) is 10.1. The predicted molar refractivity (Wildman–Crippen MR) is 114 cm³/mol. The second-order valence-electron chi connectivity index (χ2n) is 7.49. The summed E-state index contributed by atoms with van der Waals surface area (Å²) in [7, 11) is -3.59. The van der Waals surface area contributed by atoms with Crippen LogP contribution in [-0.4, -0.2) is 44.9 Å². The Hall–Kier alpha value is -2.22. The highest BCUT2D eigenvalue weighted by Crippen LogP contribution is 2.18. The van der Waals surface area contributed by atoms with E-state index in [4.69, 9.17) is 0 Å². The van der Waals surface area contributed by atoms with Gasteiger partial charge < -0.3 is 5.32 Å². The fourth-order valence-corrected chi connectivity index (χ4v) is 4.69. The summed E-state index contributed by atoms with van der Waals surface area (Å²) in [5.41, 5.74) is 2.47. The monoisotopic (exact) mass is 415 g/mol. The van der Waals surface area contributed by atoms with E-state index in [-0.39, 0.29) is 16.8 Å². The molecule has 1 aliphatic rings. The van der Waals surface area contributed by atoms with Gasteiger partial charge in [-0.25, -0.2) is 13.1 Å². The maximum Gasteiger partial charge on any atom is 0.251 e.